The van der Waals surface area contributed by atoms with Gasteiger partial charge in [0, 0.05) is 6.04 Å². The maximum absolute atomic E-state index is 9.27. The highest BCUT2D eigenvalue weighted by Crippen LogP contribution is 2.22. The van der Waals surface area contributed by atoms with Crippen LogP contribution in [0.15, 0.2) is 0 Å². The Morgan fingerprint density at radius 2 is 2.11 bits per heavy atom. The summed E-state index contributed by atoms with van der Waals surface area (Å²) in [6, 6.07) is 0.246. The van der Waals surface area contributed by atoms with E-state index in [0.29, 0.717) is 5.92 Å². The maximum Gasteiger partial charge on any atom is 0.0580 e. The summed E-state index contributed by atoms with van der Waals surface area (Å²) in [7, 11) is 0. The third-order valence-electron chi connectivity index (χ3n) is 2.19. The second-order valence-corrected chi connectivity index (χ2v) is 3.12. The molecule has 1 unspecified atom stereocenters. The van der Waals surface area contributed by atoms with E-state index in [0.717, 1.165) is 19.3 Å². The predicted molar refractivity (Wildman–Crippen MR) is 37.0 cm³/mol. The van der Waals surface area contributed by atoms with E-state index < -0.39 is 0 Å². The van der Waals surface area contributed by atoms with Crippen LogP contribution in [0.3, 0.4) is 0 Å². The molecule has 0 heterocycles. The summed E-state index contributed by atoms with van der Waals surface area (Å²) in [5.41, 5.74) is 5.63. The fraction of sp³-hybridized carbons (Fsp3) is 1.00. The van der Waals surface area contributed by atoms with Crippen molar-refractivity contribution in [3.8, 4) is 0 Å². The average Bonchev–Trinajstić information content (AvgIpc) is 1.80. The van der Waals surface area contributed by atoms with Crippen molar-refractivity contribution in [3.05, 3.63) is 0 Å². The first-order chi connectivity index (χ1) is 4.20. The van der Waals surface area contributed by atoms with E-state index in [-0.39, 0.29) is 12.1 Å². The summed E-state index contributed by atoms with van der Waals surface area (Å²) < 4.78 is 0. The van der Waals surface area contributed by atoms with Crippen LogP contribution in [0, 0.1) is 5.92 Å². The molecule has 1 fully saturated rings. The molecule has 0 aromatic carbocycles. The average molecular weight is 129 g/mol. The monoisotopic (exact) mass is 129 g/mol. The van der Waals surface area contributed by atoms with Gasteiger partial charge in [0.15, 0.2) is 0 Å². The van der Waals surface area contributed by atoms with Gasteiger partial charge in [-0.1, -0.05) is 6.92 Å². The van der Waals surface area contributed by atoms with Crippen LogP contribution in [-0.2, 0) is 0 Å². The minimum absolute atomic E-state index is 0.145. The van der Waals surface area contributed by atoms with E-state index in [1.165, 1.54) is 0 Å². The zero-order chi connectivity index (χ0) is 6.85. The molecule has 0 amide bonds. The molecule has 2 heteroatoms. The van der Waals surface area contributed by atoms with E-state index >= 15 is 0 Å². The fourth-order valence-corrected chi connectivity index (χ4v) is 1.33. The van der Waals surface area contributed by atoms with Crippen molar-refractivity contribution >= 4 is 0 Å². The van der Waals surface area contributed by atoms with Crippen molar-refractivity contribution in [2.75, 3.05) is 0 Å². The molecule has 9 heavy (non-hydrogen) atoms. The van der Waals surface area contributed by atoms with E-state index in [1.807, 2.05) is 0 Å². The molecule has 3 N–H and O–H groups in total. The third kappa shape index (κ3) is 1.66. The summed E-state index contributed by atoms with van der Waals surface area (Å²) in [4.78, 5) is 0. The van der Waals surface area contributed by atoms with Gasteiger partial charge in [0.2, 0.25) is 0 Å². The molecule has 0 bridgehead atoms. The minimum atomic E-state index is -0.145. The van der Waals surface area contributed by atoms with E-state index in [4.69, 9.17) is 5.73 Å². The fourth-order valence-electron chi connectivity index (χ4n) is 1.33. The minimum Gasteiger partial charge on any atom is -0.393 e. The Morgan fingerprint density at radius 3 is 2.56 bits per heavy atom. The van der Waals surface area contributed by atoms with Crippen LogP contribution in [0.5, 0.6) is 0 Å². The standard InChI is InChI=1S/C7H15NO/c1-5-2-3-6(8)4-7(5)9/h5-7,9H,2-4,8H2,1H3/t5-,6+,7?/m1/s1. The van der Waals surface area contributed by atoms with Gasteiger partial charge in [-0.3, -0.25) is 0 Å². The molecule has 0 aromatic rings. The molecular weight excluding hydrogens is 114 g/mol. The maximum atomic E-state index is 9.27. The van der Waals surface area contributed by atoms with Crippen LogP contribution < -0.4 is 5.73 Å². The Morgan fingerprint density at radius 1 is 1.44 bits per heavy atom. The Hall–Kier alpha value is -0.0800. The summed E-state index contributed by atoms with van der Waals surface area (Å²) in [5, 5.41) is 9.27. The van der Waals surface area contributed by atoms with Gasteiger partial charge >= 0.3 is 0 Å². The SMILES string of the molecule is C[C@@H]1CC[C@H](N)CC1O. The van der Waals surface area contributed by atoms with Crippen molar-refractivity contribution in [1.82, 2.24) is 0 Å². The van der Waals surface area contributed by atoms with Gasteiger partial charge in [-0.05, 0) is 25.2 Å². The highest BCUT2D eigenvalue weighted by Gasteiger charge is 2.22. The van der Waals surface area contributed by atoms with Gasteiger partial charge < -0.3 is 10.8 Å². The van der Waals surface area contributed by atoms with Crippen LogP contribution in [0.2, 0.25) is 0 Å². The first kappa shape index (κ1) is 7.03. The van der Waals surface area contributed by atoms with Crippen molar-refractivity contribution < 1.29 is 5.11 Å². The molecule has 2 nitrogen and oxygen atoms in total. The van der Waals surface area contributed by atoms with E-state index in [9.17, 15) is 5.11 Å². The lowest BCUT2D eigenvalue weighted by molar-refractivity contribution is 0.0708. The van der Waals surface area contributed by atoms with Crippen LogP contribution in [0.25, 0.3) is 0 Å². The topological polar surface area (TPSA) is 46.2 Å². The van der Waals surface area contributed by atoms with E-state index in [1.54, 1.807) is 0 Å². The number of hydrogen-bond acceptors (Lipinski definition) is 2. The Labute approximate surface area is 56.1 Å². The number of nitrogens with two attached hydrogens (primary N) is 1. The third-order valence-corrected chi connectivity index (χ3v) is 2.19. The van der Waals surface area contributed by atoms with Gasteiger partial charge in [-0.2, -0.15) is 0 Å². The van der Waals surface area contributed by atoms with E-state index in [2.05, 4.69) is 6.92 Å². The molecule has 1 aliphatic carbocycles. The van der Waals surface area contributed by atoms with Crippen molar-refractivity contribution in [1.29, 1.82) is 0 Å². The van der Waals surface area contributed by atoms with Gasteiger partial charge in [-0.25, -0.2) is 0 Å². The smallest absolute Gasteiger partial charge is 0.0580 e. The Balaban J connectivity index is 2.35. The van der Waals surface area contributed by atoms with Gasteiger partial charge in [0.25, 0.3) is 0 Å². The van der Waals surface area contributed by atoms with Crippen LogP contribution in [0.1, 0.15) is 26.2 Å². The van der Waals surface area contributed by atoms with Crippen molar-refractivity contribution in [2.45, 2.75) is 38.3 Å². The Bertz CT molecular complexity index is 94.9. The zero-order valence-electron chi connectivity index (χ0n) is 5.88. The van der Waals surface area contributed by atoms with Crippen LogP contribution in [-0.4, -0.2) is 17.3 Å². The molecule has 1 aliphatic rings. The number of aliphatic hydroxyl groups excluding tert-OH is 1. The van der Waals surface area contributed by atoms with Gasteiger partial charge in [-0.15, -0.1) is 0 Å². The zero-order valence-corrected chi connectivity index (χ0v) is 5.88. The number of rotatable bonds is 0. The first-order valence-electron chi connectivity index (χ1n) is 3.64. The summed E-state index contributed by atoms with van der Waals surface area (Å²) in [6.45, 7) is 2.08. The molecule has 54 valence electrons. The molecule has 0 aliphatic heterocycles. The molecule has 0 spiro atoms. The quantitative estimate of drug-likeness (QED) is 0.500. The van der Waals surface area contributed by atoms with Crippen molar-refractivity contribution in [2.24, 2.45) is 11.7 Å². The number of aliphatic hydroxyl groups is 1. The largest absolute Gasteiger partial charge is 0.393 e. The first-order valence-corrected chi connectivity index (χ1v) is 3.64. The van der Waals surface area contributed by atoms with Gasteiger partial charge in [0.1, 0.15) is 0 Å². The lowest BCUT2D eigenvalue weighted by Gasteiger charge is -2.28. The normalized spacial score (nSPS) is 45.0. The summed E-state index contributed by atoms with van der Waals surface area (Å²) in [6.07, 6.45) is 2.82. The Kier molecular flexibility index (Phi) is 2.09. The molecule has 3 atom stereocenters. The second kappa shape index (κ2) is 2.67. The predicted octanol–water partition coefficient (Wildman–Crippen LogP) is 0.495. The highest BCUT2D eigenvalue weighted by atomic mass is 16.3. The molecular formula is C7H15NO. The highest BCUT2D eigenvalue weighted by molar-refractivity contribution is 4.78. The van der Waals surface area contributed by atoms with Crippen molar-refractivity contribution in [3.63, 3.8) is 0 Å². The molecule has 0 aromatic heterocycles. The summed E-state index contributed by atoms with van der Waals surface area (Å²) in [5.74, 6) is 0.463. The van der Waals surface area contributed by atoms with Gasteiger partial charge in [0.05, 0.1) is 6.10 Å². The summed E-state index contributed by atoms with van der Waals surface area (Å²) >= 11 is 0. The lowest BCUT2D eigenvalue weighted by Crippen LogP contribution is -2.35. The number of hydrogen-bond donors (Lipinski definition) is 2. The molecule has 1 saturated carbocycles. The van der Waals surface area contributed by atoms with Crippen LogP contribution >= 0.6 is 0 Å². The lowest BCUT2D eigenvalue weighted by atomic mass is 9.85. The van der Waals surface area contributed by atoms with Crippen LogP contribution in [0.4, 0.5) is 0 Å². The molecule has 0 radical (unpaired) electrons. The molecule has 0 saturated heterocycles. The second-order valence-electron chi connectivity index (χ2n) is 3.12. The molecule has 1 rings (SSSR count).